The Labute approximate surface area is 97.7 Å². The molecule has 1 rings (SSSR count). The minimum atomic E-state index is -4.93. The molecule has 0 N–H and O–H groups in total. The topological polar surface area (TPSA) is 38.7 Å². The summed E-state index contributed by atoms with van der Waals surface area (Å²) in [6, 6.07) is 1.98. The smallest absolute Gasteiger partial charge is 0.406 e. The zero-order chi connectivity index (χ0) is 13.1. The lowest BCUT2D eigenvalue weighted by atomic mass is 10.2. The van der Waals surface area contributed by atoms with E-state index in [1.165, 1.54) is 0 Å². The highest BCUT2D eigenvalue weighted by atomic mass is 32.1. The first-order valence-corrected chi connectivity index (χ1v) is 4.42. The summed E-state index contributed by atoms with van der Waals surface area (Å²) in [5, 5.41) is 1.69. The van der Waals surface area contributed by atoms with Crippen molar-refractivity contribution >= 4 is 23.3 Å². The molecule has 0 saturated heterocycles. The first-order chi connectivity index (χ1) is 7.83. The van der Waals surface area contributed by atoms with Crippen LogP contribution < -0.4 is 4.74 Å². The third-order valence-electron chi connectivity index (χ3n) is 1.55. The van der Waals surface area contributed by atoms with Gasteiger partial charge in [0.15, 0.2) is 0 Å². The number of carbonyl (C=O) groups excluding carboxylic acids is 1. The van der Waals surface area contributed by atoms with Crippen molar-refractivity contribution in [3.05, 3.63) is 29.6 Å². The third kappa shape index (κ3) is 3.93. The number of halogens is 4. The van der Waals surface area contributed by atoms with E-state index >= 15 is 0 Å². The summed E-state index contributed by atoms with van der Waals surface area (Å²) < 4.78 is 52.2. The van der Waals surface area contributed by atoms with Gasteiger partial charge in [-0.2, -0.15) is 4.99 Å². The Hall–Kier alpha value is -1.79. The number of aliphatic imine (C=N–C) groups is 1. The Morgan fingerprint density at radius 3 is 2.59 bits per heavy atom. The fraction of sp³-hybridized carbons (Fsp3) is 0.111. The van der Waals surface area contributed by atoms with Crippen molar-refractivity contribution in [1.29, 1.82) is 0 Å². The average Bonchev–Trinajstić information content (AvgIpc) is 2.19. The Morgan fingerprint density at radius 2 is 2.06 bits per heavy atom. The number of thiocarbonyl (C=S) groups is 1. The Balaban J connectivity index is 3.10. The zero-order valence-electron chi connectivity index (χ0n) is 7.92. The molecule has 0 bridgehead atoms. The molecule has 0 saturated carbocycles. The van der Waals surface area contributed by atoms with E-state index in [1.807, 2.05) is 0 Å². The first-order valence-electron chi connectivity index (χ1n) is 4.01. The van der Waals surface area contributed by atoms with Gasteiger partial charge in [-0.05, 0) is 30.4 Å². The summed E-state index contributed by atoms with van der Waals surface area (Å²) in [7, 11) is 0. The van der Waals surface area contributed by atoms with Gasteiger partial charge in [-0.3, -0.25) is 4.79 Å². The lowest BCUT2D eigenvalue weighted by Crippen LogP contribution is -2.17. The van der Waals surface area contributed by atoms with Gasteiger partial charge in [0.1, 0.15) is 11.6 Å². The highest BCUT2D eigenvalue weighted by Gasteiger charge is 2.31. The number of carbonyl (C=O) groups is 1. The van der Waals surface area contributed by atoms with Gasteiger partial charge in [-0.1, -0.05) is 0 Å². The van der Waals surface area contributed by atoms with Gasteiger partial charge in [0.25, 0.3) is 5.91 Å². The van der Waals surface area contributed by atoms with Gasteiger partial charge in [-0.15, -0.1) is 13.2 Å². The molecule has 0 aliphatic rings. The van der Waals surface area contributed by atoms with E-state index in [-0.39, 0.29) is 0 Å². The molecule has 0 atom stereocenters. The van der Waals surface area contributed by atoms with Crippen molar-refractivity contribution in [2.24, 2.45) is 4.99 Å². The molecule has 0 heterocycles. The number of amides is 1. The SMILES string of the molecule is O=C(N=C=S)c1cc(OC(F)(F)F)ccc1F. The third-order valence-corrected chi connectivity index (χ3v) is 1.64. The lowest BCUT2D eigenvalue weighted by Gasteiger charge is -2.09. The maximum atomic E-state index is 13.1. The number of isothiocyanates is 1. The summed E-state index contributed by atoms with van der Waals surface area (Å²) in [6.45, 7) is 0. The molecule has 0 spiro atoms. The van der Waals surface area contributed by atoms with Gasteiger partial charge in [0.05, 0.1) is 10.7 Å². The highest BCUT2D eigenvalue weighted by molar-refractivity contribution is 7.78. The Bertz CT molecular complexity index is 494. The van der Waals surface area contributed by atoms with Crippen LogP contribution in [0.25, 0.3) is 0 Å². The molecule has 90 valence electrons. The molecule has 1 amide bonds. The molecule has 0 aliphatic carbocycles. The number of hydrogen-bond donors (Lipinski definition) is 0. The van der Waals surface area contributed by atoms with Crippen molar-refractivity contribution < 1.29 is 27.1 Å². The van der Waals surface area contributed by atoms with Gasteiger partial charge < -0.3 is 4.74 Å². The summed E-state index contributed by atoms with van der Waals surface area (Å²) >= 11 is 4.12. The Kier molecular flexibility index (Phi) is 3.93. The van der Waals surface area contributed by atoms with Crippen LogP contribution in [0.5, 0.6) is 5.75 Å². The Morgan fingerprint density at radius 1 is 1.41 bits per heavy atom. The second-order valence-electron chi connectivity index (χ2n) is 2.70. The standard InChI is InChI=1S/C9H3F4NO2S/c10-7-2-1-5(16-9(11,12)13)3-6(7)8(15)14-4-17/h1-3H. The van der Waals surface area contributed by atoms with Crippen LogP contribution in [0.1, 0.15) is 10.4 Å². The van der Waals surface area contributed by atoms with Crippen molar-refractivity contribution in [2.75, 3.05) is 0 Å². The molecule has 3 nitrogen and oxygen atoms in total. The number of rotatable bonds is 2. The number of nitrogens with zero attached hydrogens (tertiary/aromatic N) is 1. The fourth-order valence-corrected chi connectivity index (χ4v) is 1.05. The zero-order valence-corrected chi connectivity index (χ0v) is 8.73. The van der Waals surface area contributed by atoms with E-state index in [9.17, 15) is 22.4 Å². The van der Waals surface area contributed by atoms with E-state index < -0.39 is 29.4 Å². The molecule has 0 unspecified atom stereocenters. The van der Waals surface area contributed by atoms with Crippen LogP contribution in [0.3, 0.4) is 0 Å². The predicted molar refractivity (Wildman–Crippen MR) is 52.4 cm³/mol. The van der Waals surface area contributed by atoms with Crippen LogP contribution in [0.15, 0.2) is 23.2 Å². The molecule has 1 aromatic rings. The monoisotopic (exact) mass is 265 g/mol. The predicted octanol–water partition coefficient (Wildman–Crippen LogP) is 2.97. The number of benzene rings is 1. The van der Waals surface area contributed by atoms with Crippen molar-refractivity contribution in [3.8, 4) is 5.75 Å². The maximum absolute atomic E-state index is 13.1. The van der Waals surface area contributed by atoms with Crippen LogP contribution in [-0.2, 0) is 0 Å². The van der Waals surface area contributed by atoms with Gasteiger partial charge in [0.2, 0.25) is 0 Å². The molecule has 1 aromatic carbocycles. The summed E-state index contributed by atoms with van der Waals surface area (Å²) in [5.41, 5.74) is -0.677. The molecular weight excluding hydrogens is 262 g/mol. The number of hydrogen-bond acceptors (Lipinski definition) is 3. The van der Waals surface area contributed by atoms with E-state index in [0.29, 0.717) is 12.1 Å². The normalized spacial score (nSPS) is 10.6. The summed E-state index contributed by atoms with van der Waals surface area (Å²) in [6.07, 6.45) is -4.93. The molecule has 17 heavy (non-hydrogen) atoms. The molecule has 0 aromatic heterocycles. The van der Waals surface area contributed by atoms with Crippen LogP contribution in [0, 0.1) is 5.82 Å². The van der Waals surface area contributed by atoms with Gasteiger partial charge >= 0.3 is 6.36 Å². The van der Waals surface area contributed by atoms with E-state index in [4.69, 9.17) is 0 Å². The molecular formula is C9H3F4NO2S. The molecule has 0 radical (unpaired) electrons. The van der Waals surface area contributed by atoms with Crippen LogP contribution in [0.4, 0.5) is 17.6 Å². The molecule has 8 heteroatoms. The van der Waals surface area contributed by atoms with Crippen molar-refractivity contribution in [1.82, 2.24) is 0 Å². The lowest BCUT2D eigenvalue weighted by molar-refractivity contribution is -0.274. The van der Waals surface area contributed by atoms with E-state index in [1.54, 1.807) is 5.16 Å². The molecule has 0 aliphatic heterocycles. The maximum Gasteiger partial charge on any atom is 0.573 e. The largest absolute Gasteiger partial charge is 0.573 e. The molecule has 0 fully saturated rings. The van der Waals surface area contributed by atoms with Crippen molar-refractivity contribution in [3.63, 3.8) is 0 Å². The minimum absolute atomic E-state index is 0.585. The minimum Gasteiger partial charge on any atom is -0.406 e. The quantitative estimate of drug-likeness (QED) is 0.469. The van der Waals surface area contributed by atoms with E-state index in [0.717, 1.165) is 6.07 Å². The first kappa shape index (κ1) is 13.3. The van der Waals surface area contributed by atoms with E-state index in [2.05, 4.69) is 21.9 Å². The van der Waals surface area contributed by atoms with Gasteiger partial charge in [-0.25, -0.2) is 4.39 Å². The second kappa shape index (κ2) is 5.03. The van der Waals surface area contributed by atoms with Crippen molar-refractivity contribution in [2.45, 2.75) is 6.36 Å². The second-order valence-corrected chi connectivity index (χ2v) is 2.88. The van der Waals surface area contributed by atoms with Crippen LogP contribution in [0.2, 0.25) is 0 Å². The summed E-state index contributed by atoms with van der Waals surface area (Å²) in [5.74, 6) is -2.88. The fourth-order valence-electron chi connectivity index (χ4n) is 0.967. The highest BCUT2D eigenvalue weighted by Crippen LogP contribution is 2.24. The van der Waals surface area contributed by atoms with Crippen LogP contribution in [-0.4, -0.2) is 17.4 Å². The number of alkyl halides is 3. The summed E-state index contributed by atoms with van der Waals surface area (Å²) in [4.78, 5) is 14.1. The van der Waals surface area contributed by atoms with Gasteiger partial charge in [0, 0.05) is 0 Å². The average molecular weight is 265 g/mol. The number of ether oxygens (including phenoxy) is 1. The van der Waals surface area contributed by atoms with Crippen LogP contribution >= 0.6 is 12.2 Å².